The van der Waals surface area contributed by atoms with Gasteiger partial charge in [0.2, 0.25) is 0 Å². The first-order valence-electron chi connectivity index (χ1n) is 6.58. The van der Waals surface area contributed by atoms with E-state index < -0.39 is 0 Å². The summed E-state index contributed by atoms with van der Waals surface area (Å²) in [7, 11) is 0. The van der Waals surface area contributed by atoms with Crippen LogP contribution in [0.1, 0.15) is 49.3 Å². The quantitative estimate of drug-likeness (QED) is 0.695. The van der Waals surface area contributed by atoms with Crippen LogP contribution >= 0.6 is 0 Å². The number of ether oxygens (including phenoxy) is 1. The van der Waals surface area contributed by atoms with Crippen LogP contribution in [-0.4, -0.2) is 6.61 Å². The SMILES string of the molecule is CCC1CCc2ccc3c(c2C1C)CCO3. The number of aryl methyl sites for hydroxylation is 1. The predicted octanol–water partition coefficient (Wildman–Crippen LogP) is 3.70. The molecule has 2 unspecified atom stereocenters. The third kappa shape index (κ3) is 1.37. The molecule has 0 fully saturated rings. The van der Waals surface area contributed by atoms with Crippen molar-refractivity contribution in [3.63, 3.8) is 0 Å². The fourth-order valence-corrected chi connectivity index (χ4v) is 3.52. The van der Waals surface area contributed by atoms with E-state index in [0.717, 1.165) is 30.6 Å². The maximum Gasteiger partial charge on any atom is 0.122 e. The highest BCUT2D eigenvalue weighted by molar-refractivity contribution is 5.50. The monoisotopic (exact) mass is 216 g/mol. The van der Waals surface area contributed by atoms with Gasteiger partial charge in [-0.25, -0.2) is 0 Å². The Morgan fingerprint density at radius 1 is 1.31 bits per heavy atom. The van der Waals surface area contributed by atoms with Crippen molar-refractivity contribution in [1.82, 2.24) is 0 Å². The normalized spacial score (nSPS) is 27.1. The molecule has 1 aromatic rings. The summed E-state index contributed by atoms with van der Waals surface area (Å²) in [6, 6.07) is 4.47. The Labute approximate surface area is 97.8 Å². The van der Waals surface area contributed by atoms with Crippen molar-refractivity contribution in [2.75, 3.05) is 6.61 Å². The van der Waals surface area contributed by atoms with Gasteiger partial charge in [-0.2, -0.15) is 0 Å². The van der Waals surface area contributed by atoms with Crippen LogP contribution in [0.4, 0.5) is 0 Å². The lowest BCUT2D eigenvalue weighted by atomic mass is 9.73. The van der Waals surface area contributed by atoms with Crippen LogP contribution in [0.2, 0.25) is 0 Å². The van der Waals surface area contributed by atoms with Crippen molar-refractivity contribution in [3.8, 4) is 5.75 Å². The second kappa shape index (κ2) is 3.80. The molecule has 3 rings (SSSR count). The summed E-state index contributed by atoms with van der Waals surface area (Å²) in [6.45, 7) is 5.62. The summed E-state index contributed by atoms with van der Waals surface area (Å²) < 4.78 is 5.68. The molecule has 0 saturated heterocycles. The Hall–Kier alpha value is -0.980. The summed E-state index contributed by atoms with van der Waals surface area (Å²) in [5.41, 5.74) is 4.73. The van der Waals surface area contributed by atoms with Crippen LogP contribution in [-0.2, 0) is 12.8 Å². The van der Waals surface area contributed by atoms with Gasteiger partial charge in [0.1, 0.15) is 5.75 Å². The smallest absolute Gasteiger partial charge is 0.122 e. The fraction of sp³-hybridized carbons (Fsp3) is 0.600. The number of benzene rings is 1. The molecule has 0 amide bonds. The Bertz CT molecular complexity index is 408. The van der Waals surface area contributed by atoms with E-state index >= 15 is 0 Å². The van der Waals surface area contributed by atoms with Crippen LogP contribution in [0.25, 0.3) is 0 Å². The van der Waals surface area contributed by atoms with Gasteiger partial charge in [0, 0.05) is 12.0 Å². The lowest BCUT2D eigenvalue weighted by Gasteiger charge is -2.32. The Morgan fingerprint density at radius 2 is 2.19 bits per heavy atom. The highest BCUT2D eigenvalue weighted by atomic mass is 16.5. The number of hydrogen-bond donors (Lipinski definition) is 0. The average Bonchev–Trinajstić information content (AvgIpc) is 2.77. The second-order valence-electron chi connectivity index (χ2n) is 5.21. The topological polar surface area (TPSA) is 9.23 Å². The second-order valence-corrected chi connectivity index (χ2v) is 5.21. The molecule has 1 nitrogen and oxygen atoms in total. The van der Waals surface area contributed by atoms with Gasteiger partial charge in [-0.15, -0.1) is 0 Å². The standard InChI is InChI=1S/C15H20O/c1-3-11-4-5-12-6-7-14-13(8-9-16-14)15(12)10(11)2/h6-7,10-11H,3-5,8-9H2,1-2H3. The molecule has 1 aromatic carbocycles. The van der Waals surface area contributed by atoms with Crippen LogP contribution in [0.3, 0.4) is 0 Å². The highest BCUT2D eigenvalue weighted by Crippen LogP contribution is 2.43. The zero-order chi connectivity index (χ0) is 11.1. The maximum absolute atomic E-state index is 5.68. The van der Waals surface area contributed by atoms with Crippen molar-refractivity contribution >= 4 is 0 Å². The largest absolute Gasteiger partial charge is 0.493 e. The molecule has 0 radical (unpaired) electrons. The van der Waals surface area contributed by atoms with E-state index in [0.29, 0.717) is 0 Å². The minimum absolute atomic E-state index is 0.727. The number of hydrogen-bond acceptors (Lipinski definition) is 1. The first kappa shape index (κ1) is 10.2. The third-order valence-electron chi connectivity index (χ3n) is 4.49. The van der Waals surface area contributed by atoms with Crippen LogP contribution in [0.5, 0.6) is 5.75 Å². The van der Waals surface area contributed by atoms with Gasteiger partial charge in [-0.1, -0.05) is 26.3 Å². The summed E-state index contributed by atoms with van der Waals surface area (Å²) in [6.07, 6.45) is 5.07. The summed E-state index contributed by atoms with van der Waals surface area (Å²) in [5.74, 6) is 2.76. The van der Waals surface area contributed by atoms with Crippen molar-refractivity contribution in [3.05, 3.63) is 28.8 Å². The van der Waals surface area contributed by atoms with Gasteiger partial charge < -0.3 is 4.74 Å². The maximum atomic E-state index is 5.68. The molecule has 0 spiro atoms. The molecule has 86 valence electrons. The average molecular weight is 216 g/mol. The third-order valence-corrected chi connectivity index (χ3v) is 4.49. The van der Waals surface area contributed by atoms with Gasteiger partial charge in [-0.3, -0.25) is 0 Å². The summed E-state index contributed by atoms with van der Waals surface area (Å²) in [5, 5.41) is 0. The molecule has 2 aliphatic rings. The lowest BCUT2D eigenvalue weighted by molar-refractivity contribution is 0.356. The van der Waals surface area contributed by atoms with Crippen molar-refractivity contribution in [2.24, 2.45) is 5.92 Å². The molecule has 0 saturated carbocycles. The molecule has 16 heavy (non-hydrogen) atoms. The van der Waals surface area contributed by atoms with Crippen LogP contribution in [0, 0.1) is 5.92 Å². The highest BCUT2D eigenvalue weighted by Gasteiger charge is 2.30. The molecule has 1 heterocycles. The molecule has 0 aromatic heterocycles. The van der Waals surface area contributed by atoms with E-state index in [9.17, 15) is 0 Å². The zero-order valence-corrected chi connectivity index (χ0v) is 10.3. The van der Waals surface area contributed by atoms with E-state index in [2.05, 4.69) is 26.0 Å². The van der Waals surface area contributed by atoms with Crippen LogP contribution < -0.4 is 4.74 Å². The van der Waals surface area contributed by atoms with E-state index in [-0.39, 0.29) is 0 Å². The summed E-state index contributed by atoms with van der Waals surface area (Å²) in [4.78, 5) is 0. The molecular weight excluding hydrogens is 196 g/mol. The van der Waals surface area contributed by atoms with E-state index in [1.807, 2.05) is 0 Å². The molecule has 0 N–H and O–H groups in total. The Kier molecular flexibility index (Phi) is 2.42. The van der Waals surface area contributed by atoms with Crippen molar-refractivity contribution in [2.45, 2.75) is 45.4 Å². The van der Waals surface area contributed by atoms with Gasteiger partial charge in [0.05, 0.1) is 6.61 Å². The minimum atomic E-state index is 0.727. The van der Waals surface area contributed by atoms with Gasteiger partial charge in [-0.05, 0) is 41.9 Å². The van der Waals surface area contributed by atoms with Gasteiger partial charge >= 0.3 is 0 Å². The predicted molar refractivity (Wildman–Crippen MR) is 66.2 cm³/mol. The van der Waals surface area contributed by atoms with E-state index in [1.54, 1.807) is 11.1 Å². The fourth-order valence-electron chi connectivity index (χ4n) is 3.52. The molecular formula is C15H20O. The first-order chi connectivity index (χ1) is 7.81. The Morgan fingerprint density at radius 3 is 3.00 bits per heavy atom. The molecule has 1 aliphatic carbocycles. The van der Waals surface area contributed by atoms with Gasteiger partial charge in [0.15, 0.2) is 0 Å². The minimum Gasteiger partial charge on any atom is -0.493 e. The zero-order valence-electron chi connectivity index (χ0n) is 10.3. The number of fused-ring (bicyclic) bond motifs is 3. The number of rotatable bonds is 1. The summed E-state index contributed by atoms with van der Waals surface area (Å²) >= 11 is 0. The van der Waals surface area contributed by atoms with Gasteiger partial charge in [0.25, 0.3) is 0 Å². The molecule has 1 aliphatic heterocycles. The molecule has 1 heteroatoms. The van der Waals surface area contributed by atoms with E-state index in [1.165, 1.54) is 24.8 Å². The van der Waals surface area contributed by atoms with Crippen molar-refractivity contribution in [1.29, 1.82) is 0 Å². The molecule has 2 atom stereocenters. The lowest BCUT2D eigenvalue weighted by Crippen LogP contribution is -2.19. The van der Waals surface area contributed by atoms with Crippen molar-refractivity contribution < 1.29 is 4.74 Å². The molecule has 0 bridgehead atoms. The van der Waals surface area contributed by atoms with Crippen LogP contribution in [0.15, 0.2) is 12.1 Å². The first-order valence-corrected chi connectivity index (χ1v) is 6.58. The van der Waals surface area contributed by atoms with E-state index in [4.69, 9.17) is 4.74 Å². The Balaban J connectivity index is 2.10.